The molecule has 1 heterocycles. The van der Waals surface area contributed by atoms with E-state index in [1.54, 1.807) is 24.3 Å². The first-order chi connectivity index (χ1) is 11.9. The third kappa shape index (κ3) is 5.44. The lowest BCUT2D eigenvalue weighted by Crippen LogP contribution is -2.54. The van der Waals surface area contributed by atoms with Crippen LogP contribution in [0.3, 0.4) is 0 Å². The van der Waals surface area contributed by atoms with Gasteiger partial charge in [0.25, 0.3) is 5.91 Å². The number of nitrogens with one attached hydrogen (secondary N) is 2. The van der Waals surface area contributed by atoms with Gasteiger partial charge in [0.1, 0.15) is 6.04 Å². The van der Waals surface area contributed by atoms with Gasteiger partial charge in [-0.3, -0.25) is 9.59 Å². The molecule has 1 aromatic carbocycles. The normalized spacial score (nSPS) is 18.9. The van der Waals surface area contributed by atoms with Crippen LogP contribution < -0.4 is 10.6 Å². The summed E-state index contributed by atoms with van der Waals surface area (Å²) in [7, 11) is 1.93. The number of hydrogen-bond donors (Lipinski definition) is 2. The van der Waals surface area contributed by atoms with Gasteiger partial charge in [0.2, 0.25) is 5.91 Å². The molecule has 0 aliphatic carbocycles. The fourth-order valence-corrected chi connectivity index (χ4v) is 3.38. The average Bonchev–Trinajstić information content (AvgIpc) is 2.60. The lowest BCUT2D eigenvalue weighted by Gasteiger charge is -2.36. The molecule has 2 unspecified atom stereocenters. The van der Waals surface area contributed by atoms with E-state index in [4.69, 9.17) is 11.6 Å². The van der Waals surface area contributed by atoms with Crippen molar-refractivity contribution in [3.63, 3.8) is 0 Å². The topological polar surface area (TPSA) is 61.4 Å². The van der Waals surface area contributed by atoms with Crippen LogP contribution in [-0.2, 0) is 4.79 Å². The molecule has 5 nitrogen and oxygen atoms in total. The largest absolute Gasteiger partial charge is 0.341 e. The van der Waals surface area contributed by atoms with E-state index in [9.17, 15) is 9.59 Å². The zero-order valence-electron chi connectivity index (χ0n) is 15.2. The number of rotatable bonds is 6. The molecule has 1 aliphatic rings. The van der Waals surface area contributed by atoms with Crippen LogP contribution in [0.2, 0.25) is 5.02 Å². The monoisotopic (exact) mass is 365 g/mol. The lowest BCUT2D eigenvalue weighted by atomic mass is 9.95. The summed E-state index contributed by atoms with van der Waals surface area (Å²) in [5, 5.41) is 6.68. The number of benzene rings is 1. The van der Waals surface area contributed by atoms with Gasteiger partial charge < -0.3 is 15.5 Å². The number of piperidine rings is 1. The molecule has 2 atom stereocenters. The molecule has 2 N–H and O–H groups in total. The highest BCUT2D eigenvalue weighted by Crippen LogP contribution is 2.18. The van der Waals surface area contributed by atoms with Crippen molar-refractivity contribution < 1.29 is 9.59 Å². The van der Waals surface area contributed by atoms with Crippen molar-refractivity contribution in [2.45, 2.75) is 32.7 Å². The highest BCUT2D eigenvalue weighted by Gasteiger charge is 2.31. The van der Waals surface area contributed by atoms with Crippen LogP contribution in [-0.4, -0.2) is 49.4 Å². The SMILES string of the molecule is CNCC1CCCN(C(=O)C(NC(=O)c2ccc(Cl)cc2)C(C)C)C1. The Kier molecular flexibility index (Phi) is 7.26. The van der Waals surface area contributed by atoms with Gasteiger partial charge in [-0.1, -0.05) is 25.4 Å². The first-order valence-electron chi connectivity index (χ1n) is 8.92. The van der Waals surface area contributed by atoms with Gasteiger partial charge >= 0.3 is 0 Å². The molecule has 0 radical (unpaired) electrons. The molecule has 1 aliphatic heterocycles. The van der Waals surface area contributed by atoms with E-state index in [-0.39, 0.29) is 17.7 Å². The van der Waals surface area contributed by atoms with E-state index in [2.05, 4.69) is 10.6 Å². The van der Waals surface area contributed by atoms with Gasteiger partial charge in [-0.2, -0.15) is 0 Å². The minimum Gasteiger partial charge on any atom is -0.341 e. The van der Waals surface area contributed by atoms with Gasteiger partial charge in [0, 0.05) is 23.7 Å². The minimum absolute atomic E-state index is 0.0121. The molecule has 138 valence electrons. The predicted octanol–water partition coefficient (Wildman–Crippen LogP) is 2.55. The van der Waals surface area contributed by atoms with Crippen LogP contribution in [0.5, 0.6) is 0 Å². The van der Waals surface area contributed by atoms with Crippen LogP contribution in [0.25, 0.3) is 0 Å². The molecule has 1 fully saturated rings. The number of carbonyl (C=O) groups is 2. The van der Waals surface area contributed by atoms with Crippen molar-refractivity contribution in [1.29, 1.82) is 0 Å². The van der Waals surface area contributed by atoms with Crippen molar-refractivity contribution in [1.82, 2.24) is 15.5 Å². The molecular formula is C19H28ClN3O2. The van der Waals surface area contributed by atoms with Crippen LogP contribution in [0.4, 0.5) is 0 Å². The van der Waals surface area contributed by atoms with Crippen molar-refractivity contribution in [2.24, 2.45) is 11.8 Å². The van der Waals surface area contributed by atoms with Crippen molar-refractivity contribution >= 4 is 23.4 Å². The van der Waals surface area contributed by atoms with E-state index < -0.39 is 6.04 Å². The Morgan fingerprint density at radius 3 is 2.56 bits per heavy atom. The van der Waals surface area contributed by atoms with E-state index in [0.717, 1.165) is 32.5 Å². The molecule has 1 aromatic rings. The smallest absolute Gasteiger partial charge is 0.251 e. The zero-order chi connectivity index (χ0) is 18.4. The Hall–Kier alpha value is -1.59. The van der Waals surface area contributed by atoms with Crippen LogP contribution in [0.1, 0.15) is 37.0 Å². The summed E-state index contributed by atoms with van der Waals surface area (Å²) in [6.45, 7) is 6.34. The van der Waals surface area contributed by atoms with Crippen molar-refractivity contribution in [2.75, 3.05) is 26.7 Å². The maximum absolute atomic E-state index is 13.0. The molecule has 0 aromatic heterocycles. The predicted molar refractivity (Wildman–Crippen MR) is 101 cm³/mol. The van der Waals surface area contributed by atoms with Gasteiger partial charge in [-0.15, -0.1) is 0 Å². The molecule has 0 bridgehead atoms. The molecule has 6 heteroatoms. The van der Waals surface area contributed by atoms with Gasteiger partial charge in [-0.25, -0.2) is 0 Å². The van der Waals surface area contributed by atoms with E-state index in [0.29, 0.717) is 16.5 Å². The molecule has 1 saturated heterocycles. The summed E-state index contributed by atoms with van der Waals surface area (Å²) in [6, 6.07) is 6.18. The average molecular weight is 366 g/mol. The van der Waals surface area contributed by atoms with E-state index >= 15 is 0 Å². The summed E-state index contributed by atoms with van der Waals surface area (Å²) in [6.07, 6.45) is 2.14. The Morgan fingerprint density at radius 1 is 1.28 bits per heavy atom. The molecule has 0 saturated carbocycles. The Bertz CT molecular complexity index is 587. The maximum atomic E-state index is 13.0. The number of hydrogen-bond acceptors (Lipinski definition) is 3. The van der Waals surface area contributed by atoms with E-state index in [1.165, 1.54) is 0 Å². The lowest BCUT2D eigenvalue weighted by molar-refractivity contribution is -0.136. The highest BCUT2D eigenvalue weighted by molar-refractivity contribution is 6.30. The second-order valence-corrected chi connectivity index (χ2v) is 7.49. The Balaban J connectivity index is 2.05. The van der Waals surface area contributed by atoms with Crippen LogP contribution in [0.15, 0.2) is 24.3 Å². The number of halogens is 1. The summed E-state index contributed by atoms with van der Waals surface area (Å²) < 4.78 is 0. The third-order valence-corrected chi connectivity index (χ3v) is 4.90. The summed E-state index contributed by atoms with van der Waals surface area (Å²) in [4.78, 5) is 27.4. The Morgan fingerprint density at radius 2 is 1.96 bits per heavy atom. The summed E-state index contributed by atoms with van der Waals surface area (Å²) in [5.74, 6) is 0.265. The molecule has 25 heavy (non-hydrogen) atoms. The van der Waals surface area contributed by atoms with Crippen molar-refractivity contribution in [3.8, 4) is 0 Å². The number of likely N-dealkylation sites (tertiary alicyclic amines) is 1. The zero-order valence-corrected chi connectivity index (χ0v) is 16.0. The minimum atomic E-state index is -0.517. The first-order valence-corrected chi connectivity index (χ1v) is 9.30. The standard InChI is InChI=1S/C19H28ClN3O2/c1-13(2)17(22-18(24)15-6-8-16(20)9-7-15)19(25)23-10-4-5-14(12-23)11-21-3/h6-9,13-14,17,21H,4-5,10-12H2,1-3H3,(H,22,24). The summed E-state index contributed by atoms with van der Waals surface area (Å²) >= 11 is 5.87. The third-order valence-electron chi connectivity index (χ3n) is 4.65. The van der Waals surface area contributed by atoms with Gasteiger partial charge in [-0.05, 0) is 62.5 Å². The van der Waals surface area contributed by atoms with Gasteiger partial charge in [0.15, 0.2) is 0 Å². The summed E-state index contributed by atoms with van der Waals surface area (Å²) in [5.41, 5.74) is 0.509. The Labute approximate surface area is 155 Å². The highest BCUT2D eigenvalue weighted by atomic mass is 35.5. The first kappa shape index (κ1) is 19.7. The molecular weight excluding hydrogens is 338 g/mol. The number of amides is 2. The second kappa shape index (κ2) is 9.20. The fraction of sp³-hybridized carbons (Fsp3) is 0.579. The molecule has 0 spiro atoms. The number of carbonyl (C=O) groups excluding carboxylic acids is 2. The number of nitrogens with zero attached hydrogens (tertiary/aromatic N) is 1. The fourth-order valence-electron chi connectivity index (χ4n) is 3.26. The van der Waals surface area contributed by atoms with Crippen LogP contribution in [0, 0.1) is 11.8 Å². The second-order valence-electron chi connectivity index (χ2n) is 7.05. The maximum Gasteiger partial charge on any atom is 0.251 e. The van der Waals surface area contributed by atoms with Gasteiger partial charge in [0.05, 0.1) is 0 Å². The van der Waals surface area contributed by atoms with Crippen LogP contribution >= 0.6 is 11.6 Å². The van der Waals surface area contributed by atoms with E-state index in [1.807, 2.05) is 25.8 Å². The molecule has 2 amide bonds. The molecule has 2 rings (SSSR count). The quantitative estimate of drug-likeness (QED) is 0.814. The van der Waals surface area contributed by atoms with Crippen molar-refractivity contribution in [3.05, 3.63) is 34.9 Å².